The molecule has 0 bridgehead atoms. The van der Waals surface area contributed by atoms with Crippen LogP contribution in [-0.2, 0) is 10.0 Å². The van der Waals surface area contributed by atoms with Gasteiger partial charge in [-0.1, -0.05) is 23.7 Å². The molecule has 4 nitrogen and oxygen atoms in total. The molecule has 1 atom stereocenters. The van der Waals surface area contributed by atoms with Crippen LogP contribution >= 0.6 is 11.6 Å². The number of hydrogen-bond donors (Lipinski definition) is 1. The monoisotopic (exact) mass is 274 g/mol. The maximum atomic E-state index is 12.1. The average Bonchev–Trinajstić information content (AvgIpc) is 2.63. The Morgan fingerprint density at radius 1 is 1.41 bits per heavy atom. The van der Waals surface area contributed by atoms with Crippen LogP contribution in [-0.4, -0.2) is 39.5 Å². The van der Waals surface area contributed by atoms with Crippen molar-refractivity contribution in [2.75, 3.05) is 20.1 Å². The third kappa shape index (κ3) is 2.98. The standard InChI is InChI=1S/C11H15ClN2O2S/c1-14-7-6-9(8-14)13-17(15,16)11-5-3-2-4-10(11)12/h2-5,9,13H,6-8H2,1H3. The van der Waals surface area contributed by atoms with Crippen LogP contribution in [0.5, 0.6) is 0 Å². The largest absolute Gasteiger partial charge is 0.305 e. The summed E-state index contributed by atoms with van der Waals surface area (Å²) in [7, 11) is -1.53. The van der Waals surface area contributed by atoms with Crippen molar-refractivity contribution in [3.8, 4) is 0 Å². The van der Waals surface area contributed by atoms with Gasteiger partial charge in [-0.25, -0.2) is 13.1 Å². The first-order valence-electron chi connectivity index (χ1n) is 5.44. The SMILES string of the molecule is CN1CCC(NS(=O)(=O)c2ccccc2Cl)C1. The molecule has 0 spiro atoms. The zero-order valence-electron chi connectivity index (χ0n) is 9.56. The van der Waals surface area contributed by atoms with Crippen molar-refractivity contribution in [1.82, 2.24) is 9.62 Å². The number of hydrogen-bond acceptors (Lipinski definition) is 3. The molecule has 1 unspecified atom stereocenters. The van der Waals surface area contributed by atoms with Crippen molar-refractivity contribution in [1.29, 1.82) is 0 Å². The van der Waals surface area contributed by atoms with Gasteiger partial charge in [-0.3, -0.25) is 0 Å². The van der Waals surface area contributed by atoms with Gasteiger partial charge in [-0.15, -0.1) is 0 Å². The quantitative estimate of drug-likeness (QED) is 0.905. The number of halogens is 1. The third-order valence-corrected chi connectivity index (χ3v) is 4.86. The Hall–Kier alpha value is -0.620. The number of rotatable bonds is 3. The summed E-state index contributed by atoms with van der Waals surface area (Å²) in [6, 6.07) is 6.45. The highest BCUT2D eigenvalue weighted by atomic mass is 35.5. The van der Waals surface area contributed by atoms with Gasteiger partial charge in [0.25, 0.3) is 0 Å². The van der Waals surface area contributed by atoms with Crippen LogP contribution in [0.25, 0.3) is 0 Å². The molecular formula is C11H15ClN2O2S. The molecule has 1 N–H and O–H groups in total. The maximum Gasteiger partial charge on any atom is 0.242 e. The summed E-state index contributed by atoms with van der Waals surface area (Å²) in [5, 5.41) is 0.256. The van der Waals surface area contributed by atoms with Crippen LogP contribution < -0.4 is 4.72 Å². The van der Waals surface area contributed by atoms with Gasteiger partial charge in [0.05, 0.1) is 5.02 Å². The van der Waals surface area contributed by atoms with Crippen molar-refractivity contribution in [2.24, 2.45) is 0 Å². The average molecular weight is 275 g/mol. The first-order valence-corrected chi connectivity index (χ1v) is 7.30. The normalized spacial score (nSPS) is 21.9. The lowest BCUT2D eigenvalue weighted by atomic mass is 10.3. The molecule has 1 aliphatic heterocycles. The summed E-state index contributed by atoms with van der Waals surface area (Å²) in [5.41, 5.74) is 0. The number of likely N-dealkylation sites (tertiary alicyclic amines) is 1. The fourth-order valence-corrected chi connectivity index (χ4v) is 3.76. The van der Waals surface area contributed by atoms with Crippen molar-refractivity contribution in [2.45, 2.75) is 17.4 Å². The highest BCUT2D eigenvalue weighted by molar-refractivity contribution is 7.89. The molecule has 0 amide bonds. The number of sulfonamides is 1. The zero-order chi connectivity index (χ0) is 12.5. The highest BCUT2D eigenvalue weighted by Crippen LogP contribution is 2.21. The molecule has 1 heterocycles. The second kappa shape index (κ2) is 4.94. The van der Waals surface area contributed by atoms with Crippen LogP contribution in [0.2, 0.25) is 5.02 Å². The van der Waals surface area contributed by atoms with E-state index in [0.717, 1.165) is 19.5 Å². The van der Waals surface area contributed by atoms with E-state index in [9.17, 15) is 8.42 Å². The topological polar surface area (TPSA) is 49.4 Å². The van der Waals surface area contributed by atoms with Crippen LogP contribution in [0.1, 0.15) is 6.42 Å². The smallest absolute Gasteiger partial charge is 0.242 e. The number of benzene rings is 1. The van der Waals surface area contributed by atoms with E-state index < -0.39 is 10.0 Å². The summed E-state index contributed by atoms with van der Waals surface area (Å²) in [5.74, 6) is 0. The third-order valence-electron chi connectivity index (χ3n) is 2.84. The van der Waals surface area contributed by atoms with Crippen molar-refractivity contribution in [3.05, 3.63) is 29.3 Å². The van der Waals surface area contributed by atoms with E-state index in [0.29, 0.717) is 0 Å². The first kappa shape index (κ1) is 12.8. The molecule has 1 aromatic carbocycles. The fourth-order valence-electron chi connectivity index (χ4n) is 1.98. The van der Waals surface area contributed by atoms with Crippen LogP contribution in [0, 0.1) is 0 Å². The molecule has 0 aromatic heterocycles. The Balaban J connectivity index is 2.17. The number of nitrogens with one attached hydrogen (secondary N) is 1. The van der Waals surface area contributed by atoms with E-state index in [1.807, 2.05) is 7.05 Å². The molecule has 0 aliphatic carbocycles. The Kier molecular flexibility index (Phi) is 3.73. The second-order valence-corrected chi connectivity index (χ2v) is 6.39. The van der Waals surface area contributed by atoms with E-state index >= 15 is 0 Å². The van der Waals surface area contributed by atoms with Gasteiger partial charge in [0.15, 0.2) is 0 Å². The molecule has 1 aliphatic rings. The minimum absolute atomic E-state index is 0.0266. The van der Waals surface area contributed by atoms with Crippen LogP contribution in [0.15, 0.2) is 29.2 Å². The van der Waals surface area contributed by atoms with Gasteiger partial charge >= 0.3 is 0 Å². The van der Waals surface area contributed by atoms with Gasteiger partial charge in [-0.2, -0.15) is 0 Å². The molecule has 1 aromatic rings. The predicted octanol–water partition coefficient (Wildman–Crippen LogP) is 1.32. The Labute approximate surface area is 107 Å². The van der Waals surface area contributed by atoms with E-state index in [2.05, 4.69) is 9.62 Å². The molecule has 1 fully saturated rings. The van der Waals surface area contributed by atoms with Gasteiger partial charge < -0.3 is 4.90 Å². The van der Waals surface area contributed by atoms with E-state index in [-0.39, 0.29) is 16.0 Å². The lowest BCUT2D eigenvalue weighted by Gasteiger charge is -2.13. The molecule has 17 heavy (non-hydrogen) atoms. The minimum atomic E-state index is -3.51. The van der Waals surface area contributed by atoms with E-state index in [1.165, 1.54) is 6.07 Å². The molecule has 1 saturated heterocycles. The summed E-state index contributed by atoms with van der Waals surface area (Å²) in [4.78, 5) is 2.25. The van der Waals surface area contributed by atoms with Crippen molar-refractivity contribution >= 4 is 21.6 Å². The molecule has 6 heteroatoms. The van der Waals surface area contributed by atoms with Gasteiger partial charge in [0.1, 0.15) is 4.90 Å². The van der Waals surface area contributed by atoms with E-state index in [1.54, 1.807) is 18.2 Å². The van der Waals surface area contributed by atoms with E-state index in [4.69, 9.17) is 11.6 Å². The lowest BCUT2D eigenvalue weighted by molar-refractivity contribution is 0.407. The van der Waals surface area contributed by atoms with Gasteiger partial charge in [0, 0.05) is 12.6 Å². The fraction of sp³-hybridized carbons (Fsp3) is 0.455. The highest BCUT2D eigenvalue weighted by Gasteiger charge is 2.26. The van der Waals surface area contributed by atoms with Gasteiger partial charge in [-0.05, 0) is 32.1 Å². The predicted molar refractivity (Wildman–Crippen MR) is 67.7 cm³/mol. The van der Waals surface area contributed by atoms with Crippen LogP contribution in [0.4, 0.5) is 0 Å². The Morgan fingerprint density at radius 3 is 2.71 bits per heavy atom. The Morgan fingerprint density at radius 2 is 2.12 bits per heavy atom. The summed E-state index contributed by atoms with van der Waals surface area (Å²) in [6.07, 6.45) is 0.834. The molecule has 2 rings (SSSR count). The second-order valence-electron chi connectivity index (χ2n) is 4.30. The molecule has 0 radical (unpaired) electrons. The van der Waals surface area contributed by atoms with Crippen molar-refractivity contribution < 1.29 is 8.42 Å². The Bertz CT molecular complexity index is 504. The maximum absolute atomic E-state index is 12.1. The molecular weight excluding hydrogens is 260 g/mol. The number of nitrogens with zero attached hydrogens (tertiary/aromatic N) is 1. The number of likely N-dealkylation sites (N-methyl/N-ethyl adjacent to an activating group) is 1. The van der Waals surface area contributed by atoms with Crippen LogP contribution in [0.3, 0.4) is 0 Å². The van der Waals surface area contributed by atoms with Gasteiger partial charge in [0.2, 0.25) is 10.0 Å². The molecule has 0 saturated carbocycles. The minimum Gasteiger partial charge on any atom is -0.305 e. The molecule has 94 valence electrons. The summed E-state index contributed by atoms with van der Waals surface area (Å²) < 4.78 is 26.9. The summed E-state index contributed by atoms with van der Waals surface area (Å²) in [6.45, 7) is 1.65. The van der Waals surface area contributed by atoms with Crippen molar-refractivity contribution in [3.63, 3.8) is 0 Å². The lowest BCUT2D eigenvalue weighted by Crippen LogP contribution is -2.36. The first-order chi connectivity index (χ1) is 7.99. The zero-order valence-corrected chi connectivity index (χ0v) is 11.1. The summed E-state index contributed by atoms with van der Waals surface area (Å²) >= 11 is 5.89.